The number of aliphatic hydroxyl groups excluding tert-OH is 1. The van der Waals surface area contributed by atoms with Crippen molar-refractivity contribution in [3.05, 3.63) is 246 Å². The second kappa shape index (κ2) is 31.2. The van der Waals surface area contributed by atoms with E-state index in [1.165, 1.54) is 0 Å². The average Bonchev–Trinajstić information content (AvgIpc) is 3.36. The van der Waals surface area contributed by atoms with E-state index in [1.807, 2.05) is 182 Å². The van der Waals surface area contributed by atoms with E-state index < -0.39 is 17.8 Å². The van der Waals surface area contributed by atoms with Gasteiger partial charge in [-0.15, -0.1) is 0 Å². The van der Waals surface area contributed by atoms with Crippen molar-refractivity contribution in [3.8, 4) is 18.2 Å². The molecule has 0 aliphatic rings. The molecule has 0 saturated carbocycles. The van der Waals surface area contributed by atoms with Crippen molar-refractivity contribution >= 4 is 87.3 Å². The Labute approximate surface area is 431 Å². The normalized spacial score (nSPS) is 9.74. The van der Waals surface area contributed by atoms with Crippen LogP contribution in [0.1, 0.15) is 58.1 Å². The van der Waals surface area contributed by atoms with Crippen molar-refractivity contribution in [2.45, 2.75) is 24.7 Å². The molecular weight excluding hydrogens is 997 g/mol. The summed E-state index contributed by atoms with van der Waals surface area (Å²) in [6.45, 7) is 1.93. The fourth-order valence-corrected chi connectivity index (χ4v) is 6.83. The maximum atomic E-state index is 12.6. The molecule has 350 valence electrons. The molecule has 0 spiro atoms. The molecule has 0 unspecified atom stereocenters. The molecule has 16 heteroatoms. The van der Waals surface area contributed by atoms with Gasteiger partial charge in [0.2, 0.25) is 17.7 Å². The molecule has 0 saturated heterocycles. The second-order valence-electron chi connectivity index (χ2n) is 13.8. The van der Waals surface area contributed by atoms with Crippen LogP contribution in [0.2, 0.25) is 0 Å². The fraction of sp³-hybridized carbons (Fsp3) is 0.0943. The lowest BCUT2D eigenvalue weighted by molar-refractivity contribution is -0.121. The summed E-state index contributed by atoms with van der Waals surface area (Å²) in [5, 5.41) is 41.9. The zero-order chi connectivity index (χ0) is 50.6. The Balaban J connectivity index is 0.000000266. The second-order valence-corrected chi connectivity index (χ2v) is 16.6. The minimum Gasteiger partial charge on any atom is -0.397 e. The molecule has 0 aliphatic heterocycles. The van der Waals surface area contributed by atoms with Crippen molar-refractivity contribution in [2.24, 2.45) is 0 Å². The monoisotopic (exact) mass is 1040 g/mol. The third-order valence-electron chi connectivity index (χ3n) is 9.23. The first-order valence-corrected chi connectivity index (χ1v) is 22.8. The van der Waals surface area contributed by atoms with Crippen LogP contribution in [0.25, 0.3) is 0 Å². The van der Waals surface area contributed by atoms with Gasteiger partial charge in [0.1, 0.15) is 31.7 Å². The lowest BCUT2D eigenvalue weighted by atomic mass is 9.90. The first kappa shape index (κ1) is 56.4. The van der Waals surface area contributed by atoms with Gasteiger partial charge in [-0.3, -0.25) is 14.4 Å². The first-order valence-electron chi connectivity index (χ1n) is 20.5. The predicted octanol–water partition coefficient (Wildman–Crippen LogP) is 12.3. The molecule has 0 atom stereocenters. The van der Waals surface area contributed by atoms with Gasteiger partial charge in [-0.25, -0.2) is 0 Å². The van der Waals surface area contributed by atoms with Crippen molar-refractivity contribution in [1.82, 2.24) is 16.0 Å². The molecule has 0 fully saturated rings. The molecule has 0 aliphatic carbocycles. The van der Waals surface area contributed by atoms with E-state index in [0.717, 1.165) is 33.4 Å². The lowest BCUT2D eigenvalue weighted by Gasteiger charge is -2.17. The summed E-state index contributed by atoms with van der Waals surface area (Å²) in [4.78, 5) is 37.8. The Morgan fingerprint density at radius 1 is 0.391 bits per heavy atom. The number of nitriles is 3. The van der Waals surface area contributed by atoms with Crippen LogP contribution in [0.5, 0.6) is 0 Å². The molecule has 3 amide bonds. The van der Waals surface area contributed by atoms with E-state index in [9.17, 15) is 14.4 Å². The minimum absolute atomic E-state index is 0.162. The molecule has 6 rings (SSSR count). The van der Waals surface area contributed by atoms with Crippen LogP contribution in [0.15, 0.2) is 213 Å². The van der Waals surface area contributed by atoms with Crippen molar-refractivity contribution in [3.63, 3.8) is 0 Å². The van der Waals surface area contributed by atoms with Crippen LogP contribution < -0.4 is 16.0 Å². The summed E-state index contributed by atoms with van der Waals surface area (Å²) in [5.41, 5.74) is 4.40. The maximum absolute atomic E-state index is 12.6. The first-order chi connectivity index (χ1) is 33.3. The Morgan fingerprint density at radius 3 is 0.652 bits per heavy atom. The molecular formula is C53H42Cl6N6O4. The van der Waals surface area contributed by atoms with Gasteiger partial charge in [0.15, 0.2) is 17.1 Å². The minimum atomic E-state index is -0.557. The Hall–Kier alpha value is -6.88. The molecule has 6 aromatic carbocycles. The Morgan fingerprint density at radius 2 is 0.536 bits per heavy atom. The van der Waals surface area contributed by atoms with Gasteiger partial charge >= 0.3 is 0 Å². The van der Waals surface area contributed by atoms with E-state index in [2.05, 4.69) is 16.0 Å². The molecule has 6 aromatic rings. The number of hydrogen-bond acceptors (Lipinski definition) is 7. The maximum Gasteiger partial charge on any atom is 0.236 e. The highest BCUT2D eigenvalue weighted by atomic mass is 35.5. The summed E-state index contributed by atoms with van der Waals surface area (Å²) in [7, 11) is 0. The molecule has 0 bridgehead atoms. The summed E-state index contributed by atoms with van der Waals surface area (Å²) in [6, 6.07) is 61.1. The van der Waals surface area contributed by atoms with E-state index in [0.29, 0.717) is 0 Å². The van der Waals surface area contributed by atoms with E-state index in [1.54, 1.807) is 25.1 Å². The summed E-state index contributed by atoms with van der Waals surface area (Å²) < 4.78 is -0.804. The number of nitrogens with one attached hydrogen (secondary N) is 3. The smallest absolute Gasteiger partial charge is 0.236 e. The lowest BCUT2D eigenvalue weighted by Crippen LogP contribution is -2.29. The number of benzene rings is 6. The standard InChI is InChI=1S/3C17H12Cl2N2O.C2H6O/c3*18-16(19)14(11-20)21-17(22)15(12-7-3-1-4-8-12)13-9-5-2-6-10-13;1-2-3/h3*1-10,15H,(H,21,22);3H,2H2,1H3. The van der Waals surface area contributed by atoms with Crippen LogP contribution in [-0.2, 0) is 14.4 Å². The molecule has 0 radical (unpaired) electrons. The molecule has 69 heavy (non-hydrogen) atoms. The van der Waals surface area contributed by atoms with Gasteiger partial charge in [0.25, 0.3) is 0 Å². The van der Waals surface area contributed by atoms with Crippen LogP contribution in [-0.4, -0.2) is 29.4 Å². The van der Waals surface area contributed by atoms with Crippen LogP contribution >= 0.6 is 69.6 Å². The predicted molar refractivity (Wildman–Crippen MR) is 274 cm³/mol. The third-order valence-corrected chi connectivity index (χ3v) is 10.4. The van der Waals surface area contributed by atoms with Gasteiger partial charge in [-0.05, 0) is 40.3 Å². The topological polar surface area (TPSA) is 179 Å². The van der Waals surface area contributed by atoms with E-state index in [-0.39, 0.29) is 54.9 Å². The number of nitrogens with zero attached hydrogens (tertiary/aromatic N) is 3. The Kier molecular flexibility index (Phi) is 25.5. The average molecular weight is 1040 g/mol. The highest BCUT2D eigenvalue weighted by Gasteiger charge is 2.26. The quantitative estimate of drug-likeness (QED) is 0.0881. The highest BCUT2D eigenvalue weighted by molar-refractivity contribution is 6.57. The van der Waals surface area contributed by atoms with Crippen molar-refractivity contribution < 1.29 is 19.5 Å². The molecule has 10 nitrogen and oxygen atoms in total. The molecule has 0 aromatic heterocycles. The number of hydrogen-bond donors (Lipinski definition) is 4. The number of carbonyl (C=O) groups excluding carboxylic acids is 3. The van der Waals surface area contributed by atoms with E-state index in [4.69, 9.17) is 90.5 Å². The fourth-order valence-electron chi connectivity index (χ4n) is 6.30. The van der Waals surface area contributed by atoms with Crippen LogP contribution in [0.3, 0.4) is 0 Å². The van der Waals surface area contributed by atoms with Gasteiger partial charge in [-0.1, -0.05) is 252 Å². The van der Waals surface area contributed by atoms with Crippen LogP contribution in [0, 0.1) is 34.0 Å². The Bertz CT molecular complexity index is 2360. The number of rotatable bonds is 12. The largest absolute Gasteiger partial charge is 0.397 e. The van der Waals surface area contributed by atoms with Gasteiger partial charge in [0.05, 0.1) is 17.8 Å². The summed E-state index contributed by atoms with van der Waals surface area (Å²) in [5.74, 6) is -2.77. The van der Waals surface area contributed by atoms with Gasteiger partial charge in [-0.2, -0.15) is 15.8 Å². The van der Waals surface area contributed by atoms with Gasteiger partial charge < -0.3 is 21.1 Å². The van der Waals surface area contributed by atoms with Crippen LogP contribution in [0.4, 0.5) is 0 Å². The number of allylic oxidation sites excluding steroid dienone is 3. The molecule has 0 heterocycles. The van der Waals surface area contributed by atoms with E-state index >= 15 is 0 Å². The number of amides is 3. The number of halogens is 6. The highest BCUT2D eigenvalue weighted by Crippen LogP contribution is 2.28. The SMILES string of the molecule is CCO.N#CC(NC(=O)C(c1ccccc1)c1ccccc1)=C(Cl)Cl.N#CC(NC(=O)C(c1ccccc1)c1ccccc1)=C(Cl)Cl.N#CC(NC(=O)C(c1ccccc1)c1ccccc1)=C(Cl)Cl. The summed E-state index contributed by atoms with van der Waals surface area (Å²) in [6.07, 6.45) is 0. The van der Waals surface area contributed by atoms with Gasteiger partial charge in [0, 0.05) is 6.61 Å². The van der Waals surface area contributed by atoms with Crippen molar-refractivity contribution in [1.29, 1.82) is 15.8 Å². The molecule has 4 N–H and O–H groups in total. The summed E-state index contributed by atoms with van der Waals surface area (Å²) >= 11 is 33.6. The zero-order valence-electron chi connectivity index (χ0n) is 36.5. The zero-order valence-corrected chi connectivity index (χ0v) is 41.1. The van der Waals surface area contributed by atoms with Crippen molar-refractivity contribution in [2.75, 3.05) is 6.61 Å². The number of carbonyl (C=O) groups is 3. The third kappa shape index (κ3) is 18.6. The number of aliphatic hydroxyl groups is 1.